The fourth-order valence-corrected chi connectivity index (χ4v) is 1.35. The van der Waals surface area contributed by atoms with Crippen molar-refractivity contribution in [2.24, 2.45) is 5.18 Å². The van der Waals surface area contributed by atoms with Crippen molar-refractivity contribution in [3.05, 3.63) is 4.91 Å². The van der Waals surface area contributed by atoms with Gasteiger partial charge in [0.1, 0.15) is 0 Å². The second-order valence-electron chi connectivity index (χ2n) is 3.80. The largest absolute Gasteiger partial charge is 0.313 e. The Bertz CT molecular complexity index is 139. The summed E-state index contributed by atoms with van der Waals surface area (Å²) in [5, 5.41) is 6.25. The summed E-state index contributed by atoms with van der Waals surface area (Å²) in [6.07, 6.45) is 1.13. The average Bonchev–Trinajstić information content (AvgIpc) is 2.13. The van der Waals surface area contributed by atoms with Crippen LogP contribution >= 0.6 is 0 Å². The van der Waals surface area contributed by atoms with E-state index in [0.29, 0.717) is 12.6 Å². The minimum absolute atomic E-state index is 0.404. The molecule has 0 rings (SSSR count). The predicted octanol–water partition coefficient (Wildman–Crippen LogP) is 1.46. The third-order valence-electron chi connectivity index (χ3n) is 2.03. The molecule has 0 saturated heterocycles. The molecule has 0 aromatic carbocycles. The third-order valence-corrected chi connectivity index (χ3v) is 2.03. The molecule has 0 bridgehead atoms. The summed E-state index contributed by atoms with van der Waals surface area (Å²) in [7, 11) is 0. The zero-order valence-electron chi connectivity index (χ0n) is 9.62. The van der Waals surface area contributed by atoms with Crippen LogP contribution in [0.2, 0.25) is 0 Å². The topological polar surface area (TPSA) is 44.7 Å². The van der Waals surface area contributed by atoms with E-state index in [2.05, 4.69) is 36.2 Å². The number of rotatable bonds is 9. The van der Waals surface area contributed by atoms with Gasteiger partial charge in [0.25, 0.3) is 0 Å². The second kappa shape index (κ2) is 9.09. The molecule has 0 aliphatic rings. The van der Waals surface area contributed by atoms with Crippen molar-refractivity contribution in [2.45, 2.75) is 33.2 Å². The van der Waals surface area contributed by atoms with E-state index in [1.54, 1.807) is 0 Å². The zero-order valence-corrected chi connectivity index (χ0v) is 9.62. The van der Waals surface area contributed by atoms with Crippen molar-refractivity contribution in [1.82, 2.24) is 10.2 Å². The van der Waals surface area contributed by atoms with Gasteiger partial charge in [-0.05, 0) is 13.0 Å². The molecule has 0 radical (unpaired) electrons. The predicted molar refractivity (Wildman–Crippen MR) is 60.5 cm³/mol. The van der Waals surface area contributed by atoms with Crippen LogP contribution in [0.15, 0.2) is 5.18 Å². The molecule has 1 N–H and O–H groups in total. The average molecular weight is 201 g/mol. The van der Waals surface area contributed by atoms with Crippen LogP contribution in [0.25, 0.3) is 0 Å². The van der Waals surface area contributed by atoms with Crippen LogP contribution in [0.4, 0.5) is 0 Å². The first kappa shape index (κ1) is 13.5. The van der Waals surface area contributed by atoms with Gasteiger partial charge < -0.3 is 10.2 Å². The van der Waals surface area contributed by atoms with Gasteiger partial charge in [0, 0.05) is 25.7 Å². The van der Waals surface area contributed by atoms with Crippen LogP contribution in [-0.4, -0.2) is 43.7 Å². The zero-order chi connectivity index (χ0) is 10.8. The van der Waals surface area contributed by atoms with Crippen LogP contribution in [0.5, 0.6) is 0 Å². The number of hydrogen-bond acceptors (Lipinski definition) is 4. The molecular formula is C10H23N3O. The second-order valence-corrected chi connectivity index (χ2v) is 3.80. The summed E-state index contributed by atoms with van der Waals surface area (Å²) < 4.78 is 0. The number of nitrogens with one attached hydrogen (secondary N) is 1. The lowest BCUT2D eigenvalue weighted by atomic mass is 10.3. The third kappa shape index (κ3) is 8.13. The molecule has 0 saturated carbocycles. The molecule has 0 aromatic rings. The van der Waals surface area contributed by atoms with Gasteiger partial charge in [0.05, 0.1) is 6.54 Å². The molecule has 0 spiro atoms. The Balaban J connectivity index is 3.55. The number of hydrogen-bond donors (Lipinski definition) is 1. The lowest BCUT2D eigenvalue weighted by Gasteiger charge is -2.21. The summed E-state index contributed by atoms with van der Waals surface area (Å²) >= 11 is 0. The fourth-order valence-electron chi connectivity index (χ4n) is 1.35. The highest BCUT2D eigenvalue weighted by molar-refractivity contribution is 4.62. The minimum atomic E-state index is 0.404. The van der Waals surface area contributed by atoms with Crippen molar-refractivity contribution in [2.75, 3.05) is 32.7 Å². The molecule has 0 atom stereocenters. The standard InChI is InChI=1S/C10H23N3O/c1-4-7-13(9-6-12-14)8-5-11-10(2)3/h10-11H,4-9H2,1-3H3. The van der Waals surface area contributed by atoms with Gasteiger partial charge in [-0.15, -0.1) is 0 Å². The normalized spacial score (nSPS) is 11.2. The van der Waals surface area contributed by atoms with E-state index in [4.69, 9.17) is 0 Å². The number of nitrogens with zero attached hydrogens (tertiary/aromatic N) is 2. The lowest BCUT2D eigenvalue weighted by Crippen LogP contribution is -2.36. The first-order valence-electron chi connectivity index (χ1n) is 5.45. The maximum absolute atomic E-state index is 10.0. The van der Waals surface area contributed by atoms with Crippen molar-refractivity contribution >= 4 is 0 Å². The first-order chi connectivity index (χ1) is 6.70. The molecule has 84 valence electrons. The monoisotopic (exact) mass is 201 g/mol. The van der Waals surface area contributed by atoms with E-state index in [-0.39, 0.29) is 0 Å². The molecule has 14 heavy (non-hydrogen) atoms. The molecule has 0 aliphatic carbocycles. The Morgan fingerprint density at radius 2 is 2.00 bits per heavy atom. The van der Waals surface area contributed by atoms with Gasteiger partial charge in [-0.25, -0.2) is 0 Å². The summed E-state index contributed by atoms with van der Waals surface area (Å²) in [4.78, 5) is 12.3. The molecule has 0 unspecified atom stereocenters. The highest BCUT2D eigenvalue weighted by atomic mass is 16.3. The Kier molecular flexibility index (Phi) is 8.78. The number of nitroso groups, excluding NO2 is 1. The molecule has 4 nitrogen and oxygen atoms in total. The van der Waals surface area contributed by atoms with Gasteiger partial charge in [-0.2, -0.15) is 4.91 Å². The van der Waals surface area contributed by atoms with Crippen LogP contribution in [0, 0.1) is 4.91 Å². The lowest BCUT2D eigenvalue weighted by molar-refractivity contribution is 0.278. The van der Waals surface area contributed by atoms with Gasteiger partial charge in [-0.1, -0.05) is 25.9 Å². The van der Waals surface area contributed by atoms with Gasteiger partial charge in [0.2, 0.25) is 0 Å². The van der Waals surface area contributed by atoms with Gasteiger partial charge >= 0.3 is 0 Å². The molecule has 0 amide bonds. The summed E-state index contributed by atoms with van der Waals surface area (Å²) in [5.74, 6) is 0. The highest BCUT2D eigenvalue weighted by Gasteiger charge is 2.03. The van der Waals surface area contributed by atoms with E-state index in [1.807, 2.05) is 0 Å². The highest BCUT2D eigenvalue weighted by Crippen LogP contribution is 1.91. The van der Waals surface area contributed by atoms with Gasteiger partial charge in [-0.3, -0.25) is 0 Å². The molecule has 4 heteroatoms. The minimum Gasteiger partial charge on any atom is -0.313 e. The van der Waals surface area contributed by atoms with Crippen molar-refractivity contribution in [3.63, 3.8) is 0 Å². The van der Waals surface area contributed by atoms with E-state index in [0.717, 1.165) is 32.6 Å². The maximum Gasteiger partial charge on any atom is 0.0938 e. The first-order valence-corrected chi connectivity index (χ1v) is 5.45. The fraction of sp³-hybridized carbons (Fsp3) is 1.00. The Hall–Kier alpha value is -0.480. The molecule has 0 fully saturated rings. The molecule has 0 heterocycles. The maximum atomic E-state index is 10.0. The SMILES string of the molecule is CCCN(CCN=O)CCNC(C)C. The van der Waals surface area contributed by atoms with E-state index >= 15 is 0 Å². The van der Waals surface area contributed by atoms with Crippen molar-refractivity contribution < 1.29 is 0 Å². The van der Waals surface area contributed by atoms with Gasteiger partial charge in [0.15, 0.2) is 0 Å². The molecule has 0 aliphatic heterocycles. The van der Waals surface area contributed by atoms with E-state index in [1.165, 1.54) is 0 Å². The smallest absolute Gasteiger partial charge is 0.0938 e. The van der Waals surface area contributed by atoms with Crippen LogP contribution in [0.3, 0.4) is 0 Å². The molecular weight excluding hydrogens is 178 g/mol. The summed E-state index contributed by atoms with van der Waals surface area (Å²) in [5.41, 5.74) is 0. The van der Waals surface area contributed by atoms with Crippen LogP contribution in [0.1, 0.15) is 27.2 Å². The van der Waals surface area contributed by atoms with Crippen molar-refractivity contribution in [1.29, 1.82) is 0 Å². The summed E-state index contributed by atoms with van der Waals surface area (Å²) in [6, 6.07) is 0.530. The van der Waals surface area contributed by atoms with Crippen LogP contribution < -0.4 is 5.32 Å². The van der Waals surface area contributed by atoms with E-state index in [9.17, 15) is 4.91 Å². The van der Waals surface area contributed by atoms with Crippen LogP contribution in [-0.2, 0) is 0 Å². The summed E-state index contributed by atoms with van der Waals surface area (Å²) in [6.45, 7) is 10.7. The Labute approximate surface area is 87.0 Å². The quantitative estimate of drug-likeness (QED) is 0.574. The van der Waals surface area contributed by atoms with Crippen molar-refractivity contribution in [3.8, 4) is 0 Å². The Morgan fingerprint density at radius 1 is 1.29 bits per heavy atom. The molecule has 0 aromatic heterocycles. The van der Waals surface area contributed by atoms with E-state index < -0.39 is 0 Å². The Morgan fingerprint density at radius 3 is 2.50 bits per heavy atom.